The van der Waals surface area contributed by atoms with Crippen molar-refractivity contribution in [3.8, 4) is 0 Å². The van der Waals surface area contributed by atoms with E-state index >= 15 is 0 Å². The Hall–Kier alpha value is -0.320. The van der Waals surface area contributed by atoms with Gasteiger partial charge in [0.15, 0.2) is 0 Å². The maximum Gasteiger partial charge on any atom is 0.128 e. The Labute approximate surface area is 120 Å². The molecule has 1 fully saturated rings. The third kappa shape index (κ3) is 2.38. The van der Waals surface area contributed by atoms with Crippen LogP contribution in [0.4, 0.5) is 4.39 Å². The lowest BCUT2D eigenvalue weighted by Crippen LogP contribution is -2.40. The number of benzene rings is 1. The number of rotatable bonds is 2. The number of thioether (sulfide) groups is 1. The number of alkyl halides is 1. The molecule has 1 nitrogen and oxygen atoms in total. The first-order valence-corrected chi connectivity index (χ1v) is 8.06. The molecular formula is C14H15BrFNS. The van der Waals surface area contributed by atoms with Gasteiger partial charge in [-0.25, -0.2) is 4.39 Å². The van der Waals surface area contributed by atoms with E-state index in [-0.39, 0.29) is 10.8 Å². The quantitative estimate of drug-likeness (QED) is 0.592. The predicted molar refractivity (Wildman–Crippen MR) is 78.3 cm³/mol. The van der Waals surface area contributed by atoms with Gasteiger partial charge in [-0.2, -0.15) is 0 Å². The summed E-state index contributed by atoms with van der Waals surface area (Å²) in [5.74, 6) is 0.494. The van der Waals surface area contributed by atoms with Crippen LogP contribution in [0.5, 0.6) is 0 Å². The molecule has 1 aromatic rings. The average Bonchev–Trinajstić information content (AvgIpc) is 2.85. The molecule has 0 aromatic heterocycles. The minimum atomic E-state index is -0.127. The van der Waals surface area contributed by atoms with Gasteiger partial charge in [0.2, 0.25) is 0 Å². The second kappa shape index (κ2) is 5.35. The zero-order valence-electron chi connectivity index (χ0n) is 9.93. The molecule has 3 rings (SSSR count). The number of nitrogens with zero attached hydrogens (tertiary/aromatic N) is 1. The van der Waals surface area contributed by atoms with Gasteiger partial charge >= 0.3 is 0 Å². The zero-order chi connectivity index (χ0) is 12.5. The summed E-state index contributed by atoms with van der Waals surface area (Å²) in [6.45, 7) is 2.04. The number of fused-ring (bicyclic) bond motifs is 1. The zero-order valence-corrected chi connectivity index (χ0v) is 12.3. The highest BCUT2D eigenvalue weighted by Gasteiger charge is 2.33. The van der Waals surface area contributed by atoms with E-state index in [0.29, 0.717) is 5.92 Å². The molecule has 2 aliphatic heterocycles. The maximum atomic E-state index is 13.8. The largest absolute Gasteiger partial charge is 0.287 e. The molecule has 2 aliphatic rings. The van der Waals surface area contributed by atoms with E-state index < -0.39 is 0 Å². The third-order valence-corrected chi connectivity index (χ3v) is 6.01. The van der Waals surface area contributed by atoms with Crippen molar-refractivity contribution in [2.75, 3.05) is 13.1 Å². The number of halogens is 2. The van der Waals surface area contributed by atoms with E-state index in [9.17, 15) is 4.39 Å². The molecule has 0 spiro atoms. The van der Waals surface area contributed by atoms with E-state index in [4.69, 9.17) is 0 Å². The molecule has 0 bridgehead atoms. The van der Waals surface area contributed by atoms with Gasteiger partial charge in [0, 0.05) is 29.8 Å². The molecule has 0 N–H and O–H groups in total. The molecule has 1 saturated heterocycles. The van der Waals surface area contributed by atoms with Crippen molar-refractivity contribution >= 4 is 27.7 Å². The first kappa shape index (κ1) is 12.7. The summed E-state index contributed by atoms with van der Waals surface area (Å²) in [5, 5.41) is 2.95. The van der Waals surface area contributed by atoms with Gasteiger partial charge in [-0.1, -0.05) is 40.2 Å². The second-order valence-electron chi connectivity index (χ2n) is 4.81. The lowest BCUT2D eigenvalue weighted by atomic mass is 9.97. The maximum absolute atomic E-state index is 13.8. The molecule has 0 saturated carbocycles. The Morgan fingerprint density at radius 3 is 3.06 bits per heavy atom. The summed E-state index contributed by atoms with van der Waals surface area (Å²) in [5.41, 5.74) is 0.741. The molecule has 96 valence electrons. The van der Waals surface area contributed by atoms with Crippen LogP contribution in [-0.2, 0) is 0 Å². The molecule has 2 heterocycles. The SMILES string of the molecule is Fc1ccccc1C(Br)N1CCC2SC=CC2C1. The summed E-state index contributed by atoms with van der Waals surface area (Å²) in [6.07, 6.45) is 3.47. The second-order valence-corrected chi connectivity index (χ2v) is 6.83. The molecule has 0 amide bonds. The fourth-order valence-electron chi connectivity index (χ4n) is 2.66. The van der Waals surface area contributed by atoms with Crippen LogP contribution >= 0.6 is 27.7 Å². The van der Waals surface area contributed by atoms with Crippen molar-refractivity contribution in [2.45, 2.75) is 16.6 Å². The van der Waals surface area contributed by atoms with E-state index in [0.717, 1.165) is 23.9 Å². The molecule has 1 aromatic carbocycles. The van der Waals surface area contributed by atoms with E-state index in [1.54, 1.807) is 6.07 Å². The number of hydrogen-bond acceptors (Lipinski definition) is 2. The monoisotopic (exact) mass is 327 g/mol. The standard InChI is InChI=1S/C14H15BrFNS/c15-14(11-3-1-2-4-12(11)16)17-7-5-13-10(9-17)6-8-18-13/h1-4,6,8,10,13-14H,5,7,9H2. The average molecular weight is 328 g/mol. The predicted octanol–water partition coefficient (Wildman–Crippen LogP) is 4.17. The van der Waals surface area contributed by atoms with E-state index in [1.165, 1.54) is 12.5 Å². The van der Waals surface area contributed by atoms with Crippen LogP contribution in [-0.4, -0.2) is 23.2 Å². The van der Waals surface area contributed by atoms with Gasteiger partial charge in [-0.3, -0.25) is 4.90 Å². The van der Waals surface area contributed by atoms with Gasteiger partial charge in [-0.05, 0) is 17.9 Å². The summed E-state index contributed by atoms with van der Waals surface area (Å²) in [4.78, 5) is 2.31. The van der Waals surface area contributed by atoms with E-state index in [1.807, 2.05) is 23.9 Å². The van der Waals surface area contributed by atoms with Crippen LogP contribution < -0.4 is 0 Å². The Morgan fingerprint density at radius 2 is 2.22 bits per heavy atom. The lowest BCUT2D eigenvalue weighted by Gasteiger charge is -2.37. The fraction of sp³-hybridized carbons (Fsp3) is 0.429. The van der Waals surface area contributed by atoms with E-state index in [2.05, 4.69) is 32.3 Å². The van der Waals surface area contributed by atoms with Crippen molar-refractivity contribution in [1.82, 2.24) is 4.90 Å². The van der Waals surface area contributed by atoms with Gasteiger partial charge in [0.05, 0.1) is 4.95 Å². The highest BCUT2D eigenvalue weighted by atomic mass is 79.9. The van der Waals surface area contributed by atoms with Crippen LogP contribution in [0.25, 0.3) is 0 Å². The molecule has 18 heavy (non-hydrogen) atoms. The number of hydrogen-bond donors (Lipinski definition) is 0. The van der Waals surface area contributed by atoms with Gasteiger partial charge in [0.1, 0.15) is 5.82 Å². The smallest absolute Gasteiger partial charge is 0.128 e. The van der Waals surface area contributed by atoms with Gasteiger partial charge in [0.25, 0.3) is 0 Å². The highest BCUT2D eigenvalue weighted by Crippen LogP contribution is 2.40. The minimum absolute atomic E-state index is 0.0151. The summed E-state index contributed by atoms with van der Waals surface area (Å²) in [6, 6.07) is 7.02. The van der Waals surface area contributed by atoms with Crippen LogP contribution in [0.3, 0.4) is 0 Å². The van der Waals surface area contributed by atoms with Crippen molar-refractivity contribution in [1.29, 1.82) is 0 Å². The van der Waals surface area contributed by atoms with Crippen LogP contribution in [0.1, 0.15) is 16.9 Å². The normalized spacial score (nSPS) is 29.2. The molecule has 3 atom stereocenters. The third-order valence-electron chi connectivity index (χ3n) is 3.69. The number of piperidine rings is 1. The van der Waals surface area contributed by atoms with Crippen molar-refractivity contribution in [2.24, 2.45) is 5.92 Å². The van der Waals surface area contributed by atoms with Gasteiger partial charge < -0.3 is 0 Å². The van der Waals surface area contributed by atoms with Crippen LogP contribution in [0, 0.1) is 11.7 Å². The highest BCUT2D eigenvalue weighted by molar-refractivity contribution is 9.09. The van der Waals surface area contributed by atoms with Crippen LogP contribution in [0.15, 0.2) is 35.7 Å². The lowest BCUT2D eigenvalue weighted by molar-refractivity contribution is 0.191. The summed E-state index contributed by atoms with van der Waals surface area (Å²) in [7, 11) is 0. The van der Waals surface area contributed by atoms with Gasteiger partial charge in [-0.15, -0.1) is 11.8 Å². The minimum Gasteiger partial charge on any atom is -0.287 e. The Balaban J connectivity index is 1.75. The molecule has 0 radical (unpaired) electrons. The summed E-state index contributed by atoms with van der Waals surface area (Å²) >= 11 is 5.59. The van der Waals surface area contributed by atoms with Crippen LogP contribution in [0.2, 0.25) is 0 Å². The van der Waals surface area contributed by atoms with Crippen molar-refractivity contribution in [3.05, 3.63) is 47.1 Å². The molecular weight excluding hydrogens is 313 g/mol. The molecule has 4 heteroatoms. The molecule has 3 unspecified atom stereocenters. The Bertz CT molecular complexity index is 465. The number of likely N-dealkylation sites (tertiary alicyclic amines) is 1. The first-order chi connectivity index (χ1) is 8.75. The van der Waals surface area contributed by atoms with Crippen molar-refractivity contribution in [3.63, 3.8) is 0 Å². The topological polar surface area (TPSA) is 3.24 Å². The van der Waals surface area contributed by atoms with Crippen molar-refractivity contribution < 1.29 is 4.39 Å². The Kier molecular flexibility index (Phi) is 3.78. The molecule has 0 aliphatic carbocycles. The summed E-state index contributed by atoms with van der Waals surface area (Å²) < 4.78 is 13.8. The fourth-order valence-corrected chi connectivity index (χ4v) is 4.52. The first-order valence-electron chi connectivity index (χ1n) is 6.20. The Morgan fingerprint density at radius 1 is 1.39 bits per heavy atom.